The number of aromatic nitrogens is 2. The van der Waals surface area contributed by atoms with Gasteiger partial charge in [0.25, 0.3) is 0 Å². The van der Waals surface area contributed by atoms with Crippen molar-refractivity contribution >= 4 is 11.8 Å². The maximum atomic E-state index is 12.1. The molecular formula is C16H18N4O2. The molecule has 1 aromatic heterocycles. The number of carbonyl (C=O) groups excluding carboxylic acids is 2. The van der Waals surface area contributed by atoms with Crippen molar-refractivity contribution in [2.45, 2.75) is 19.9 Å². The van der Waals surface area contributed by atoms with E-state index in [4.69, 9.17) is 0 Å². The monoisotopic (exact) mass is 298 g/mol. The van der Waals surface area contributed by atoms with Gasteiger partial charge < -0.3 is 15.2 Å². The summed E-state index contributed by atoms with van der Waals surface area (Å²) in [7, 11) is 0. The standard InChI is InChI=1S/C16H18N4O2/c1-11(21)17-9-15(22)20-8-7-13-14(10-20)19-16(18-13)12-5-3-2-4-6-12/h2-6H,7-10H2,1H3,(H,17,21)(H,18,19). The lowest BCUT2D eigenvalue weighted by atomic mass is 10.1. The number of benzene rings is 1. The van der Waals surface area contributed by atoms with Crippen molar-refractivity contribution in [3.8, 4) is 11.4 Å². The fourth-order valence-corrected chi connectivity index (χ4v) is 2.55. The number of carbonyl (C=O) groups is 2. The largest absolute Gasteiger partial charge is 0.347 e. The number of amides is 2. The molecule has 6 nitrogen and oxygen atoms in total. The van der Waals surface area contributed by atoms with Crippen LogP contribution in [-0.2, 0) is 22.6 Å². The van der Waals surface area contributed by atoms with E-state index in [-0.39, 0.29) is 18.4 Å². The Bertz CT molecular complexity index is 693. The second-order valence-corrected chi connectivity index (χ2v) is 5.35. The van der Waals surface area contributed by atoms with E-state index in [1.807, 2.05) is 30.3 Å². The summed E-state index contributed by atoms with van der Waals surface area (Å²) in [6.45, 7) is 2.59. The fourth-order valence-electron chi connectivity index (χ4n) is 2.55. The molecule has 2 N–H and O–H groups in total. The molecule has 1 aliphatic rings. The smallest absolute Gasteiger partial charge is 0.242 e. The molecule has 2 aromatic rings. The van der Waals surface area contributed by atoms with Gasteiger partial charge in [0, 0.05) is 25.5 Å². The first-order valence-corrected chi connectivity index (χ1v) is 7.29. The zero-order chi connectivity index (χ0) is 15.5. The molecule has 0 aliphatic carbocycles. The average Bonchev–Trinajstić information content (AvgIpc) is 2.96. The Balaban J connectivity index is 1.72. The zero-order valence-electron chi connectivity index (χ0n) is 12.4. The van der Waals surface area contributed by atoms with E-state index >= 15 is 0 Å². The number of nitrogens with one attached hydrogen (secondary N) is 2. The number of hydrogen-bond donors (Lipinski definition) is 2. The van der Waals surface area contributed by atoms with E-state index < -0.39 is 0 Å². The Morgan fingerprint density at radius 2 is 2.09 bits per heavy atom. The molecule has 0 unspecified atom stereocenters. The number of fused-ring (bicyclic) bond motifs is 1. The van der Waals surface area contributed by atoms with Gasteiger partial charge in [-0.05, 0) is 0 Å². The summed E-state index contributed by atoms with van der Waals surface area (Å²) in [4.78, 5) is 32.6. The molecule has 0 atom stereocenters. The van der Waals surface area contributed by atoms with Crippen molar-refractivity contribution in [2.24, 2.45) is 0 Å². The predicted molar refractivity (Wildman–Crippen MR) is 81.8 cm³/mol. The van der Waals surface area contributed by atoms with Crippen LogP contribution < -0.4 is 5.32 Å². The summed E-state index contributed by atoms with van der Waals surface area (Å²) in [5, 5.41) is 2.54. The number of H-pyrrole nitrogens is 1. The third-order valence-electron chi connectivity index (χ3n) is 3.72. The summed E-state index contributed by atoms with van der Waals surface area (Å²) in [5.41, 5.74) is 3.02. The lowest BCUT2D eigenvalue weighted by Crippen LogP contribution is -2.42. The van der Waals surface area contributed by atoms with Crippen molar-refractivity contribution < 1.29 is 9.59 Å². The van der Waals surface area contributed by atoms with Gasteiger partial charge in [-0.1, -0.05) is 30.3 Å². The van der Waals surface area contributed by atoms with Crippen molar-refractivity contribution in [2.75, 3.05) is 13.1 Å². The van der Waals surface area contributed by atoms with Gasteiger partial charge >= 0.3 is 0 Å². The molecule has 1 aliphatic heterocycles. The van der Waals surface area contributed by atoms with Gasteiger partial charge in [0.1, 0.15) is 5.82 Å². The zero-order valence-corrected chi connectivity index (χ0v) is 12.4. The number of aromatic amines is 1. The Morgan fingerprint density at radius 1 is 1.32 bits per heavy atom. The van der Waals surface area contributed by atoms with Gasteiger partial charge in [0.15, 0.2) is 0 Å². The highest BCUT2D eigenvalue weighted by Crippen LogP contribution is 2.22. The lowest BCUT2D eigenvalue weighted by molar-refractivity contribution is -0.133. The van der Waals surface area contributed by atoms with Crippen molar-refractivity contribution in [1.82, 2.24) is 20.2 Å². The van der Waals surface area contributed by atoms with Crippen molar-refractivity contribution in [1.29, 1.82) is 0 Å². The molecule has 22 heavy (non-hydrogen) atoms. The van der Waals surface area contributed by atoms with Crippen LogP contribution in [0.5, 0.6) is 0 Å². The third kappa shape index (κ3) is 3.00. The molecule has 2 heterocycles. The number of nitrogens with zero attached hydrogens (tertiary/aromatic N) is 2. The van der Waals surface area contributed by atoms with Crippen LogP contribution in [0.15, 0.2) is 30.3 Å². The number of hydrogen-bond acceptors (Lipinski definition) is 3. The molecule has 0 fully saturated rings. The van der Waals surface area contributed by atoms with E-state index in [1.165, 1.54) is 6.92 Å². The predicted octanol–water partition coefficient (Wildman–Crippen LogP) is 1.10. The first-order valence-electron chi connectivity index (χ1n) is 7.29. The molecule has 0 bridgehead atoms. The minimum Gasteiger partial charge on any atom is -0.347 e. The first kappa shape index (κ1) is 14.3. The Kier molecular flexibility index (Phi) is 3.91. The summed E-state index contributed by atoms with van der Waals surface area (Å²) in [6, 6.07) is 9.92. The van der Waals surface area contributed by atoms with Crippen LogP contribution in [0.4, 0.5) is 0 Å². The van der Waals surface area contributed by atoms with E-state index in [0.717, 1.165) is 29.2 Å². The highest BCUT2D eigenvalue weighted by Gasteiger charge is 2.23. The number of rotatable bonds is 3. The van der Waals surface area contributed by atoms with Gasteiger partial charge in [-0.3, -0.25) is 9.59 Å². The molecule has 0 saturated carbocycles. The summed E-state index contributed by atoms with van der Waals surface area (Å²) < 4.78 is 0. The van der Waals surface area contributed by atoms with Crippen LogP contribution in [0.25, 0.3) is 11.4 Å². The molecular weight excluding hydrogens is 280 g/mol. The van der Waals surface area contributed by atoms with Crippen LogP contribution in [-0.4, -0.2) is 39.8 Å². The van der Waals surface area contributed by atoms with Crippen molar-refractivity contribution in [3.05, 3.63) is 41.7 Å². The minimum absolute atomic E-state index is 0.0460. The van der Waals surface area contributed by atoms with E-state index in [0.29, 0.717) is 13.1 Å². The Labute approximate surface area is 128 Å². The topological polar surface area (TPSA) is 78.1 Å². The van der Waals surface area contributed by atoms with Crippen LogP contribution in [0.3, 0.4) is 0 Å². The SMILES string of the molecule is CC(=O)NCC(=O)N1CCc2nc(-c3ccccc3)[nH]c2C1. The number of imidazole rings is 1. The van der Waals surface area contributed by atoms with Gasteiger partial charge in [0.05, 0.1) is 24.5 Å². The molecule has 0 spiro atoms. The normalized spacial score (nSPS) is 13.6. The van der Waals surface area contributed by atoms with Crippen LogP contribution >= 0.6 is 0 Å². The van der Waals surface area contributed by atoms with E-state index in [1.54, 1.807) is 4.90 Å². The lowest BCUT2D eigenvalue weighted by Gasteiger charge is -2.26. The molecule has 114 valence electrons. The fraction of sp³-hybridized carbons (Fsp3) is 0.312. The minimum atomic E-state index is -0.195. The highest BCUT2D eigenvalue weighted by molar-refractivity contribution is 5.83. The van der Waals surface area contributed by atoms with Crippen molar-refractivity contribution in [3.63, 3.8) is 0 Å². The third-order valence-corrected chi connectivity index (χ3v) is 3.72. The first-order chi connectivity index (χ1) is 10.6. The van der Waals surface area contributed by atoms with Gasteiger partial charge in [-0.25, -0.2) is 4.98 Å². The van der Waals surface area contributed by atoms with Gasteiger partial charge in [-0.2, -0.15) is 0 Å². The molecule has 6 heteroatoms. The van der Waals surface area contributed by atoms with Crippen LogP contribution in [0, 0.1) is 0 Å². The molecule has 0 saturated heterocycles. The second-order valence-electron chi connectivity index (χ2n) is 5.35. The average molecular weight is 298 g/mol. The van der Waals surface area contributed by atoms with Crippen LogP contribution in [0.1, 0.15) is 18.3 Å². The quantitative estimate of drug-likeness (QED) is 0.890. The molecule has 3 rings (SSSR count). The van der Waals surface area contributed by atoms with E-state index in [2.05, 4.69) is 15.3 Å². The summed E-state index contributed by atoms with van der Waals surface area (Å²) >= 11 is 0. The van der Waals surface area contributed by atoms with E-state index in [9.17, 15) is 9.59 Å². The maximum Gasteiger partial charge on any atom is 0.242 e. The maximum absolute atomic E-state index is 12.1. The Morgan fingerprint density at radius 3 is 2.82 bits per heavy atom. The van der Waals surface area contributed by atoms with Crippen LogP contribution in [0.2, 0.25) is 0 Å². The summed E-state index contributed by atoms with van der Waals surface area (Å²) in [6.07, 6.45) is 0.727. The summed E-state index contributed by atoms with van der Waals surface area (Å²) in [5.74, 6) is 0.567. The van der Waals surface area contributed by atoms with Gasteiger partial charge in [0.2, 0.25) is 11.8 Å². The Hall–Kier alpha value is -2.63. The molecule has 2 amide bonds. The highest BCUT2D eigenvalue weighted by atomic mass is 16.2. The molecule has 1 aromatic carbocycles. The van der Waals surface area contributed by atoms with Gasteiger partial charge in [-0.15, -0.1) is 0 Å². The molecule has 0 radical (unpaired) electrons. The second kappa shape index (κ2) is 6.01.